The van der Waals surface area contributed by atoms with E-state index in [1.54, 1.807) is 6.07 Å². The Morgan fingerprint density at radius 2 is 1.88 bits per heavy atom. The molecule has 4 nitrogen and oxygen atoms in total. The summed E-state index contributed by atoms with van der Waals surface area (Å²) in [6.45, 7) is -0.00491. The van der Waals surface area contributed by atoms with E-state index in [9.17, 15) is 18.4 Å². The van der Waals surface area contributed by atoms with E-state index in [0.717, 1.165) is 23.8 Å². The quantitative estimate of drug-likeness (QED) is 0.875. The van der Waals surface area contributed by atoms with Gasteiger partial charge >= 0.3 is 0 Å². The average molecular weight is 328 g/mol. The maximum atomic E-state index is 14.1. The molecule has 1 fully saturated rings. The summed E-state index contributed by atoms with van der Waals surface area (Å²) in [7, 11) is 0. The second-order valence-corrected chi connectivity index (χ2v) is 6.16. The zero-order chi connectivity index (χ0) is 16.9. The molecule has 1 N–H and O–H groups in total. The van der Waals surface area contributed by atoms with Crippen LogP contribution in [0.3, 0.4) is 0 Å². The van der Waals surface area contributed by atoms with Crippen LogP contribution < -0.4 is 10.2 Å². The molecule has 6 heteroatoms. The topological polar surface area (TPSA) is 49.4 Å². The van der Waals surface area contributed by atoms with Crippen molar-refractivity contribution in [3.05, 3.63) is 59.7 Å². The maximum absolute atomic E-state index is 14.1. The molecule has 0 aliphatic carbocycles. The van der Waals surface area contributed by atoms with Crippen LogP contribution in [-0.4, -0.2) is 18.4 Å². The van der Waals surface area contributed by atoms with E-state index in [1.807, 2.05) is 18.2 Å². The number of para-hydroxylation sites is 1. The molecule has 2 aliphatic rings. The highest BCUT2D eigenvalue weighted by molar-refractivity contribution is 6.09. The first-order chi connectivity index (χ1) is 11.5. The number of amides is 2. The Balaban J connectivity index is 1.80. The van der Waals surface area contributed by atoms with Gasteiger partial charge in [-0.15, -0.1) is 0 Å². The molecule has 1 atom stereocenters. The van der Waals surface area contributed by atoms with Crippen molar-refractivity contribution in [2.24, 2.45) is 0 Å². The van der Waals surface area contributed by atoms with Crippen molar-refractivity contribution in [3.8, 4) is 0 Å². The summed E-state index contributed by atoms with van der Waals surface area (Å²) in [4.78, 5) is 26.1. The number of benzene rings is 2. The predicted molar refractivity (Wildman–Crippen MR) is 84.7 cm³/mol. The SMILES string of the molecule is O=C1CCC2(CN1c1cc(F)ccc1F)C(=O)Nc1ccccc12. The highest BCUT2D eigenvalue weighted by atomic mass is 19.1. The number of carbonyl (C=O) groups is 2. The van der Waals surface area contributed by atoms with Crippen LogP contribution >= 0.6 is 0 Å². The largest absolute Gasteiger partial charge is 0.325 e. The third kappa shape index (κ3) is 2.02. The Morgan fingerprint density at radius 3 is 2.71 bits per heavy atom. The molecule has 2 aliphatic heterocycles. The Morgan fingerprint density at radius 1 is 1.08 bits per heavy atom. The fourth-order valence-electron chi connectivity index (χ4n) is 3.58. The lowest BCUT2D eigenvalue weighted by Crippen LogP contribution is -2.52. The van der Waals surface area contributed by atoms with Gasteiger partial charge in [0.05, 0.1) is 11.1 Å². The molecular formula is C18H14F2N2O2. The van der Waals surface area contributed by atoms with Crippen molar-refractivity contribution in [1.29, 1.82) is 0 Å². The summed E-state index contributed by atoms with van der Waals surface area (Å²) in [6, 6.07) is 10.3. The number of hydrogen-bond donors (Lipinski definition) is 1. The minimum atomic E-state index is -0.927. The Labute approximate surface area is 137 Å². The molecule has 1 unspecified atom stereocenters. The number of halogens is 2. The van der Waals surface area contributed by atoms with Crippen LogP contribution in [0.1, 0.15) is 18.4 Å². The number of carbonyl (C=O) groups excluding carboxylic acids is 2. The Hall–Kier alpha value is -2.76. The molecule has 1 spiro atoms. The van der Waals surface area contributed by atoms with Gasteiger partial charge in [-0.2, -0.15) is 0 Å². The summed E-state index contributed by atoms with van der Waals surface area (Å²) >= 11 is 0. The lowest BCUT2D eigenvalue weighted by atomic mass is 9.74. The van der Waals surface area contributed by atoms with Crippen molar-refractivity contribution in [1.82, 2.24) is 0 Å². The van der Waals surface area contributed by atoms with Gasteiger partial charge in [0.15, 0.2) is 0 Å². The van der Waals surface area contributed by atoms with Crippen molar-refractivity contribution in [2.75, 3.05) is 16.8 Å². The van der Waals surface area contributed by atoms with Gasteiger partial charge in [-0.1, -0.05) is 18.2 Å². The van der Waals surface area contributed by atoms with Gasteiger partial charge in [0, 0.05) is 24.7 Å². The lowest BCUT2D eigenvalue weighted by molar-refractivity contribution is -0.125. The summed E-state index contributed by atoms with van der Waals surface area (Å²) in [5.41, 5.74) is 0.445. The van der Waals surface area contributed by atoms with Gasteiger partial charge in [0.2, 0.25) is 11.8 Å². The Kier molecular flexibility index (Phi) is 3.16. The van der Waals surface area contributed by atoms with Crippen molar-refractivity contribution in [3.63, 3.8) is 0 Å². The van der Waals surface area contributed by atoms with Crippen LogP contribution in [0.25, 0.3) is 0 Å². The minimum Gasteiger partial charge on any atom is -0.325 e. The molecule has 122 valence electrons. The normalized spacial score (nSPS) is 22.7. The molecule has 2 amide bonds. The molecule has 4 rings (SSSR count). The fourth-order valence-corrected chi connectivity index (χ4v) is 3.58. The van der Waals surface area contributed by atoms with Crippen LogP contribution in [0.2, 0.25) is 0 Å². The zero-order valence-corrected chi connectivity index (χ0v) is 12.7. The molecule has 1 saturated heterocycles. The zero-order valence-electron chi connectivity index (χ0n) is 12.7. The van der Waals surface area contributed by atoms with Gasteiger partial charge in [-0.05, 0) is 30.2 Å². The molecule has 24 heavy (non-hydrogen) atoms. The summed E-state index contributed by atoms with van der Waals surface area (Å²) in [5, 5.41) is 2.83. The van der Waals surface area contributed by atoms with Crippen LogP contribution in [0.4, 0.5) is 20.2 Å². The van der Waals surface area contributed by atoms with E-state index < -0.39 is 17.0 Å². The number of rotatable bonds is 1. The van der Waals surface area contributed by atoms with Gasteiger partial charge in [-0.25, -0.2) is 8.78 Å². The number of nitrogens with one attached hydrogen (secondary N) is 1. The third-order valence-electron chi connectivity index (χ3n) is 4.82. The first-order valence-electron chi connectivity index (χ1n) is 7.68. The maximum Gasteiger partial charge on any atom is 0.236 e. The summed E-state index contributed by atoms with van der Waals surface area (Å²) in [6.07, 6.45) is 0.444. The monoisotopic (exact) mass is 328 g/mol. The molecule has 0 radical (unpaired) electrons. The highest BCUT2D eigenvalue weighted by Gasteiger charge is 2.51. The standard InChI is InChI=1S/C18H14F2N2O2/c19-11-5-6-13(20)15(9-11)22-10-18(8-7-16(22)23)12-3-1-2-4-14(12)21-17(18)24/h1-6,9H,7-8,10H2,(H,21,24). The second kappa shape index (κ2) is 5.12. The molecule has 2 heterocycles. The number of fused-ring (bicyclic) bond motifs is 2. The van der Waals surface area contributed by atoms with E-state index in [0.29, 0.717) is 12.1 Å². The van der Waals surface area contributed by atoms with Crippen LogP contribution in [-0.2, 0) is 15.0 Å². The van der Waals surface area contributed by atoms with Crippen LogP contribution in [0.15, 0.2) is 42.5 Å². The van der Waals surface area contributed by atoms with E-state index in [2.05, 4.69) is 5.32 Å². The second-order valence-electron chi connectivity index (χ2n) is 6.16. The van der Waals surface area contributed by atoms with Crippen molar-refractivity contribution >= 4 is 23.2 Å². The van der Waals surface area contributed by atoms with E-state index in [1.165, 1.54) is 4.90 Å². The molecule has 0 saturated carbocycles. The number of hydrogen-bond acceptors (Lipinski definition) is 2. The van der Waals surface area contributed by atoms with Crippen LogP contribution in [0, 0.1) is 11.6 Å². The highest BCUT2D eigenvalue weighted by Crippen LogP contribution is 2.45. The first kappa shape index (κ1) is 14.8. The predicted octanol–water partition coefficient (Wildman–Crippen LogP) is 2.98. The average Bonchev–Trinajstić information content (AvgIpc) is 2.84. The van der Waals surface area contributed by atoms with Gasteiger partial charge in [0.1, 0.15) is 11.6 Å². The van der Waals surface area contributed by atoms with E-state index >= 15 is 0 Å². The lowest BCUT2D eigenvalue weighted by Gasteiger charge is -2.38. The third-order valence-corrected chi connectivity index (χ3v) is 4.82. The minimum absolute atomic E-state index is 0.00491. The van der Waals surface area contributed by atoms with Gasteiger partial charge in [0.25, 0.3) is 0 Å². The summed E-state index contributed by atoms with van der Waals surface area (Å²) < 4.78 is 27.7. The molecular weight excluding hydrogens is 314 g/mol. The van der Waals surface area contributed by atoms with Gasteiger partial charge < -0.3 is 10.2 Å². The van der Waals surface area contributed by atoms with Crippen molar-refractivity contribution in [2.45, 2.75) is 18.3 Å². The number of piperidine rings is 1. The number of anilines is 2. The number of nitrogens with zero attached hydrogens (tertiary/aromatic N) is 1. The molecule has 0 bridgehead atoms. The van der Waals surface area contributed by atoms with Crippen LogP contribution in [0.5, 0.6) is 0 Å². The molecule has 0 aromatic heterocycles. The fraction of sp³-hybridized carbons (Fsp3) is 0.222. The van der Waals surface area contributed by atoms with E-state index in [4.69, 9.17) is 0 Å². The van der Waals surface area contributed by atoms with E-state index in [-0.39, 0.29) is 30.5 Å². The first-order valence-corrected chi connectivity index (χ1v) is 7.68. The molecule has 2 aromatic carbocycles. The van der Waals surface area contributed by atoms with Gasteiger partial charge in [-0.3, -0.25) is 9.59 Å². The smallest absolute Gasteiger partial charge is 0.236 e. The summed E-state index contributed by atoms with van der Waals surface area (Å²) in [5.74, 6) is -1.84. The Bertz CT molecular complexity index is 868. The molecule has 2 aromatic rings. The van der Waals surface area contributed by atoms with Crippen molar-refractivity contribution < 1.29 is 18.4 Å².